The Morgan fingerprint density at radius 1 is 1.20 bits per heavy atom. The molecule has 0 radical (unpaired) electrons. The summed E-state index contributed by atoms with van der Waals surface area (Å²) in [6.07, 6.45) is -3.13. The molecule has 1 aromatic carbocycles. The SMILES string of the molecule is COc1cccc(N2CCN(C(=O)n3cc(C(F)(F)F)cn3)CC2)c1. The molecule has 9 heteroatoms. The van der Waals surface area contributed by atoms with Crippen LogP contribution >= 0.6 is 0 Å². The zero-order valence-corrected chi connectivity index (χ0v) is 13.5. The first-order valence-electron chi connectivity index (χ1n) is 7.68. The van der Waals surface area contributed by atoms with Crippen molar-refractivity contribution in [3.8, 4) is 5.75 Å². The Bertz CT molecular complexity index is 752. The molecule has 3 rings (SSSR count). The molecular formula is C16H17F3N4O2. The summed E-state index contributed by atoms with van der Waals surface area (Å²) in [5.41, 5.74) is 0.0424. The average Bonchev–Trinajstić information content (AvgIpc) is 3.12. The fraction of sp³-hybridized carbons (Fsp3) is 0.375. The highest BCUT2D eigenvalue weighted by molar-refractivity contribution is 5.76. The van der Waals surface area contributed by atoms with Gasteiger partial charge in [0.1, 0.15) is 5.75 Å². The van der Waals surface area contributed by atoms with Gasteiger partial charge < -0.3 is 14.5 Å². The molecular weight excluding hydrogens is 337 g/mol. The highest BCUT2D eigenvalue weighted by Gasteiger charge is 2.33. The molecule has 0 saturated carbocycles. The molecule has 0 aliphatic carbocycles. The number of methoxy groups -OCH3 is 1. The lowest BCUT2D eigenvalue weighted by Crippen LogP contribution is -2.50. The topological polar surface area (TPSA) is 50.6 Å². The minimum Gasteiger partial charge on any atom is -0.497 e. The van der Waals surface area contributed by atoms with Crippen LogP contribution in [0.25, 0.3) is 0 Å². The van der Waals surface area contributed by atoms with Crippen LogP contribution in [0.4, 0.5) is 23.7 Å². The van der Waals surface area contributed by atoms with Gasteiger partial charge in [-0.25, -0.2) is 4.79 Å². The van der Waals surface area contributed by atoms with Crippen molar-refractivity contribution in [1.82, 2.24) is 14.7 Å². The second kappa shape index (κ2) is 6.66. The third-order valence-electron chi connectivity index (χ3n) is 4.07. The quantitative estimate of drug-likeness (QED) is 0.832. The number of benzene rings is 1. The van der Waals surface area contributed by atoms with E-state index in [4.69, 9.17) is 4.74 Å². The van der Waals surface area contributed by atoms with Gasteiger partial charge in [-0.1, -0.05) is 6.07 Å². The number of anilines is 1. The number of nitrogens with zero attached hydrogens (tertiary/aromatic N) is 4. The van der Waals surface area contributed by atoms with Crippen molar-refractivity contribution in [2.45, 2.75) is 6.18 Å². The molecule has 134 valence electrons. The van der Waals surface area contributed by atoms with E-state index in [0.29, 0.717) is 32.4 Å². The number of hydrogen-bond acceptors (Lipinski definition) is 4. The third kappa shape index (κ3) is 3.70. The summed E-state index contributed by atoms with van der Waals surface area (Å²) >= 11 is 0. The minimum absolute atomic E-state index is 0.400. The summed E-state index contributed by atoms with van der Waals surface area (Å²) < 4.78 is 43.8. The fourth-order valence-electron chi connectivity index (χ4n) is 2.68. The normalized spacial score (nSPS) is 15.4. The lowest BCUT2D eigenvalue weighted by atomic mass is 10.2. The van der Waals surface area contributed by atoms with Crippen LogP contribution in [0.3, 0.4) is 0 Å². The standard InChI is InChI=1S/C16H17F3N4O2/c1-25-14-4-2-3-13(9-14)21-5-7-22(8-6-21)15(24)23-11-12(10-20-23)16(17,18)19/h2-4,9-11H,5-8H2,1H3. The van der Waals surface area contributed by atoms with Gasteiger partial charge >= 0.3 is 12.2 Å². The van der Waals surface area contributed by atoms with E-state index in [-0.39, 0.29) is 0 Å². The van der Waals surface area contributed by atoms with Crippen molar-refractivity contribution in [2.75, 3.05) is 38.2 Å². The molecule has 1 aromatic heterocycles. The Kier molecular flexibility index (Phi) is 4.56. The predicted octanol–water partition coefficient (Wildman–Crippen LogP) is 2.70. The Balaban J connectivity index is 1.63. The Labute approximate surface area is 142 Å². The van der Waals surface area contributed by atoms with Gasteiger partial charge in [0.2, 0.25) is 0 Å². The van der Waals surface area contributed by atoms with E-state index in [2.05, 4.69) is 10.00 Å². The largest absolute Gasteiger partial charge is 0.497 e. The van der Waals surface area contributed by atoms with E-state index in [1.54, 1.807) is 7.11 Å². The summed E-state index contributed by atoms with van der Waals surface area (Å²) in [5, 5.41) is 3.53. The van der Waals surface area contributed by atoms with Crippen molar-refractivity contribution in [2.24, 2.45) is 0 Å². The number of piperazine rings is 1. The molecule has 1 amide bonds. The van der Waals surface area contributed by atoms with Gasteiger partial charge in [0.05, 0.1) is 18.9 Å². The van der Waals surface area contributed by atoms with Crippen molar-refractivity contribution in [3.63, 3.8) is 0 Å². The van der Waals surface area contributed by atoms with Crippen LogP contribution in [-0.2, 0) is 6.18 Å². The molecule has 2 heterocycles. The van der Waals surface area contributed by atoms with E-state index >= 15 is 0 Å². The highest BCUT2D eigenvalue weighted by atomic mass is 19.4. The lowest BCUT2D eigenvalue weighted by molar-refractivity contribution is -0.137. The smallest absolute Gasteiger partial charge is 0.419 e. The second-order valence-electron chi connectivity index (χ2n) is 5.63. The summed E-state index contributed by atoms with van der Waals surface area (Å²) in [6.45, 7) is 1.95. The maximum atomic E-state index is 12.6. The van der Waals surface area contributed by atoms with Gasteiger partial charge in [0, 0.05) is 44.1 Å². The second-order valence-corrected chi connectivity index (χ2v) is 5.63. The van der Waals surface area contributed by atoms with Gasteiger partial charge in [0.15, 0.2) is 0 Å². The number of ether oxygens (including phenoxy) is 1. The van der Waals surface area contributed by atoms with Gasteiger partial charge in [0.25, 0.3) is 0 Å². The number of carbonyl (C=O) groups excluding carboxylic acids is 1. The number of alkyl halides is 3. The van der Waals surface area contributed by atoms with Gasteiger partial charge in [-0.2, -0.15) is 23.0 Å². The summed E-state index contributed by atoms with van der Waals surface area (Å²) in [6, 6.07) is 7.03. The van der Waals surface area contributed by atoms with Gasteiger partial charge in [-0.15, -0.1) is 0 Å². The van der Waals surface area contributed by atoms with E-state index in [1.807, 2.05) is 24.3 Å². The van der Waals surface area contributed by atoms with Crippen LogP contribution in [0, 0.1) is 0 Å². The first-order chi connectivity index (χ1) is 11.9. The van der Waals surface area contributed by atoms with Crippen molar-refractivity contribution in [1.29, 1.82) is 0 Å². The molecule has 0 spiro atoms. The lowest BCUT2D eigenvalue weighted by Gasteiger charge is -2.35. The third-order valence-corrected chi connectivity index (χ3v) is 4.07. The molecule has 1 saturated heterocycles. The van der Waals surface area contributed by atoms with E-state index < -0.39 is 17.8 Å². The van der Waals surface area contributed by atoms with Crippen LogP contribution in [0.1, 0.15) is 5.56 Å². The number of aromatic nitrogens is 2. The molecule has 0 atom stereocenters. The summed E-state index contributed by atoms with van der Waals surface area (Å²) in [7, 11) is 1.59. The number of amides is 1. The van der Waals surface area contributed by atoms with Crippen LogP contribution < -0.4 is 9.64 Å². The number of carbonyl (C=O) groups is 1. The van der Waals surface area contributed by atoms with E-state index in [9.17, 15) is 18.0 Å². The molecule has 1 aliphatic rings. The Morgan fingerprint density at radius 3 is 2.52 bits per heavy atom. The monoisotopic (exact) mass is 354 g/mol. The first-order valence-corrected chi connectivity index (χ1v) is 7.68. The number of halogens is 3. The molecule has 0 N–H and O–H groups in total. The van der Waals surface area contributed by atoms with Gasteiger partial charge in [-0.3, -0.25) is 0 Å². The van der Waals surface area contributed by atoms with Crippen molar-refractivity contribution >= 4 is 11.7 Å². The maximum Gasteiger partial charge on any atom is 0.419 e. The molecule has 0 unspecified atom stereocenters. The van der Waals surface area contributed by atoms with Gasteiger partial charge in [-0.05, 0) is 12.1 Å². The molecule has 6 nitrogen and oxygen atoms in total. The van der Waals surface area contributed by atoms with E-state index in [0.717, 1.165) is 22.3 Å². The van der Waals surface area contributed by atoms with Crippen LogP contribution in [0.5, 0.6) is 5.75 Å². The summed E-state index contributed by atoms with van der Waals surface area (Å²) in [4.78, 5) is 15.9. The minimum atomic E-state index is -4.51. The van der Waals surface area contributed by atoms with E-state index in [1.165, 1.54) is 4.90 Å². The fourth-order valence-corrected chi connectivity index (χ4v) is 2.68. The zero-order valence-electron chi connectivity index (χ0n) is 13.5. The number of rotatable bonds is 2. The van der Waals surface area contributed by atoms with Crippen LogP contribution in [-0.4, -0.2) is 54.0 Å². The zero-order chi connectivity index (χ0) is 18.0. The van der Waals surface area contributed by atoms with Crippen molar-refractivity contribution in [3.05, 3.63) is 42.2 Å². The Morgan fingerprint density at radius 2 is 1.92 bits per heavy atom. The number of hydrogen-bond donors (Lipinski definition) is 0. The average molecular weight is 354 g/mol. The molecule has 2 aromatic rings. The predicted molar refractivity (Wildman–Crippen MR) is 84.8 cm³/mol. The first kappa shape index (κ1) is 17.1. The molecule has 25 heavy (non-hydrogen) atoms. The van der Waals surface area contributed by atoms with Crippen molar-refractivity contribution < 1.29 is 22.7 Å². The molecule has 1 fully saturated rings. The molecule has 1 aliphatic heterocycles. The van der Waals surface area contributed by atoms with Crippen LogP contribution in [0.15, 0.2) is 36.7 Å². The highest BCUT2D eigenvalue weighted by Crippen LogP contribution is 2.28. The molecule has 0 bridgehead atoms. The van der Waals surface area contributed by atoms with Crippen LogP contribution in [0.2, 0.25) is 0 Å². The Hall–Kier alpha value is -2.71. The summed E-state index contributed by atoms with van der Waals surface area (Å²) in [5.74, 6) is 0.743. The maximum absolute atomic E-state index is 12.6.